The van der Waals surface area contributed by atoms with Gasteiger partial charge in [-0.05, 0) is 31.9 Å². The first-order chi connectivity index (χ1) is 7.67. The van der Waals surface area contributed by atoms with E-state index in [1.807, 2.05) is 26.4 Å². The zero-order valence-electron chi connectivity index (χ0n) is 10.8. The largest absolute Gasteiger partial charge is 0.310 e. The Morgan fingerprint density at radius 1 is 1.31 bits per heavy atom. The van der Waals surface area contributed by atoms with E-state index in [0.717, 1.165) is 17.8 Å². The van der Waals surface area contributed by atoms with Crippen LogP contribution >= 0.6 is 0 Å². The lowest BCUT2D eigenvalue weighted by Crippen LogP contribution is -2.21. The summed E-state index contributed by atoms with van der Waals surface area (Å²) in [6, 6.07) is 0.280. The molecule has 0 bridgehead atoms. The third-order valence-corrected chi connectivity index (χ3v) is 2.88. The molecular weight excluding hydrogens is 198 g/mol. The zero-order valence-corrected chi connectivity index (χ0v) is 10.8. The first-order valence-corrected chi connectivity index (χ1v) is 6.13. The van der Waals surface area contributed by atoms with Gasteiger partial charge in [0, 0.05) is 12.4 Å². The fourth-order valence-corrected chi connectivity index (χ4v) is 1.95. The van der Waals surface area contributed by atoms with Crippen LogP contribution in [0.5, 0.6) is 0 Å². The van der Waals surface area contributed by atoms with E-state index >= 15 is 0 Å². The van der Waals surface area contributed by atoms with Crippen molar-refractivity contribution in [1.29, 1.82) is 0 Å². The van der Waals surface area contributed by atoms with Crippen molar-refractivity contribution in [2.75, 3.05) is 7.05 Å². The van der Waals surface area contributed by atoms with Gasteiger partial charge >= 0.3 is 0 Å². The van der Waals surface area contributed by atoms with Crippen LogP contribution in [0.15, 0.2) is 12.4 Å². The summed E-state index contributed by atoms with van der Waals surface area (Å²) < 4.78 is 0. The topological polar surface area (TPSA) is 37.8 Å². The van der Waals surface area contributed by atoms with Gasteiger partial charge in [-0.1, -0.05) is 26.7 Å². The van der Waals surface area contributed by atoms with Crippen LogP contribution < -0.4 is 5.32 Å². The number of rotatable bonds is 6. The third-order valence-electron chi connectivity index (χ3n) is 2.88. The predicted octanol–water partition coefficient (Wildman–Crippen LogP) is 2.87. The van der Waals surface area contributed by atoms with E-state index in [0.29, 0.717) is 5.92 Å². The first kappa shape index (κ1) is 13.1. The maximum atomic E-state index is 4.39. The molecule has 1 heterocycles. The minimum absolute atomic E-state index is 0.280. The van der Waals surface area contributed by atoms with Gasteiger partial charge in [-0.3, -0.25) is 0 Å². The molecular formula is C13H23N3. The van der Waals surface area contributed by atoms with Crippen molar-refractivity contribution in [1.82, 2.24) is 15.3 Å². The Morgan fingerprint density at radius 3 is 2.44 bits per heavy atom. The van der Waals surface area contributed by atoms with Crippen molar-refractivity contribution < 1.29 is 0 Å². The number of hydrogen-bond donors (Lipinski definition) is 1. The highest BCUT2D eigenvalue weighted by Crippen LogP contribution is 2.20. The van der Waals surface area contributed by atoms with Gasteiger partial charge < -0.3 is 5.32 Å². The normalized spacial score (nSPS) is 14.8. The SMILES string of the molecule is CCCC(C)CC(NC)c1ncc(C)cn1. The van der Waals surface area contributed by atoms with Gasteiger partial charge in [0.1, 0.15) is 5.82 Å². The minimum atomic E-state index is 0.280. The van der Waals surface area contributed by atoms with E-state index in [9.17, 15) is 0 Å². The average Bonchev–Trinajstić information content (AvgIpc) is 2.27. The molecule has 0 amide bonds. The molecule has 0 aliphatic carbocycles. The number of nitrogens with one attached hydrogen (secondary N) is 1. The van der Waals surface area contributed by atoms with Crippen molar-refractivity contribution in [3.63, 3.8) is 0 Å². The maximum absolute atomic E-state index is 4.39. The van der Waals surface area contributed by atoms with E-state index in [-0.39, 0.29) is 6.04 Å². The summed E-state index contributed by atoms with van der Waals surface area (Å²) >= 11 is 0. The molecule has 2 unspecified atom stereocenters. The van der Waals surface area contributed by atoms with Crippen molar-refractivity contribution in [3.05, 3.63) is 23.8 Å². The lowest BCUT2D eigenvalue weighted by molar-refractivity contribution is 0.395. The van der Waals surface area contributed by atoms with Gasteiger partial charge in [0.25, 0.3) is 0 Å². The Kier molecular flexibility index (Phi) is 5.39. The summed E-state index contributed by atoms with van der Waals surface area (Å²) in [6.45, 7) is 6.53. The highest BCUT2D eigenvalue weighted by atomic mass is 15.0. The van der Waals surface area contributed by atoms with Crippen LogP contribution in [-0.4, -0.2) is 17.0 Å². The molecule has 3 heteroatoms. The lowest BCUT2D eigenvalue weighted by Gasteiger charge is -2.18. The summed E-state index contributed by atoms with van der Waals surface area (Å²) in [5, 5.41) is 3.30. The molecule has 0 radical (unpaired) electrons. The quantitative estimate of drug-likeness (QED) is 0.802. The second-order valence-corrected chi connectivity index (χ2v) is 4.59. The molecule has 16 heavy (non-hydrogen) atoms. The molecule has 1 aromatic heterocycles. The molecule has 0 saturated heterocycles. The summed E-state index contributed by atoms with van der Waals surface area (Å²) in [4.78, 5) is 8.78. The van der Waals surface area contributed by atoms with Crippen molar-refractivity contribution in [2.24, 2.45) is 5.92 Å². The van der Waals surface area contributed by atoms with Gasteiger partial charge in [-0.15, -0.1) is 0 Å². The molecule has 3 nitrogen and oxygen atoms in total. The molecule has 0 saturated carbocycles. The third kappa shape index (κ3) is 3.89. The molecule has 1 aromatic rings. The van der Waals surface area contributed by atoms with Crippen LogP contribution in [0.4, 0.5) is 0 Å². The molecule has 0 aromatic carbocycles. The Hall–Kier alpha value is -0.960. The van der Waals surface area contributed by atoms with Crippen molar-refractivity contribution in [3.8, 4) is 0 Å². The summed E-state index contributed by atoms with van der Waals surface area (Å²) in [5.74, 6) is 1.63. The zero-order chi connectivity index (χ0) is 12.0. The number of aromatic nitrogens is 2. The molecule has 0 aliphatic heterocycles. The summed E-state index contributed by atoms with van der Waals surface area (Å²) in [5.41, 5.74) is 1.11. The smallest absolute Gasteiger partial charge is 0.145 e. The molecule has 0 aliphatic rings. The van der Waals surface area contributed by atoms with E-state index in [1.165, 1.54) is 12.8 Å². The molecule has 2 atom stereocenters. The van der Waals surface area contributed by atoms with Crippen LogP contribution in [0, 0.1) is 12.8 Å². The van der Waals surface area contributed by atoms with Crippen LogP contribution in [0.3, 0.4) is 0 Å². The van der Waals surface area contributed by atoms with Gasteiger partial charge in [0.2, 0.25) is 0 Å². The van der Waals surface area contributed by atoms with E-state index < -0.39 is 0 Å². The fraction of sp³-hybridized carbons (Fsp3) is 0.692. The Morgan fingerprint density at radius 2 is 1.94 bits per heavy atom. The van der Waals surface area contributed by atoms with E-state index in [1.54, 1.807) is 0 Å². The fourth-order valence-electron chi connectivity index (χ4n) is 1.95. The van der Waals surface area contributed by atoms with E-state index in [2.05, 4.69) is 29.1 Å². The lowest BCUT2D eigenvalue weighted by atomic mass is 9.97. The second kappa shape index (κ2) is 6.59. The number of aryl methyl sites for hydroxylation is 1. The predicted molar refractivity (Wildman–Crippen MR) is 67.3 cm³/mol. The number of hydrogen-bond acceptors (Lipinski definition) is 3. The standard InChI is InChI=1S/C13H23N3/c1-5-6-10(2)7-12(14-4)13-15-8-11(3)9-16-13/h8-10,12,14H,5-7H2,1-4H3. The van der Waals surface area contributed by atoms with Crippen molar-refractivity contribution in [2.45, 2.75) is 46.1 Å². The van der Waals surface area contributed by atoms with E-state index in [4.69, 9.17) is 0 Å². The first-order valence-electron chi connectivity index (χ1n) is 6.13. The minimum Gasteiger partial charge on any atom is -0.310 e. The maximum Gasteiger partial charge on any atom is 0.145 e. The molecule has 0 spiro atoms. The summed E-state index contributed by atoms with van der Waals surface area (Å²) in [6.07, 6.45) is 7.39. The molecule has 0 fully saturated rings. The number of nitrogens with zero attached hydrogens (tertiary/aromatic N) is 2. The van der Waals surface area contributed by atoms with Gasteiger partial charge in [0.05, 0.1) is 6.04 Å². The molecule has 1 rings (SSSR count). The van der Waals surface area contributed by atoms with Crippen LogP contribution in [-0.2, 0) is 0 Å². The average molecular weight is 221 g/mol. The summed E-state index contributed by atoms with van der Waals surface area (Å²) in [7, 11) is 1.98. The highest BCUT2D eigenvalue weighted by Gasteiger charge is 2.15. The van der Waals surface area contributed by atoms with Gasteiger partial charge in [-0.2, -0.15) is 0 Å². The van der Waals surface area contributed by atoms with Crippen LogP contribution in [0.1, 0.15) is 50.5 Å². The Balaban J connectivity index is 2.63. The molecule has 90 valence electrons. The van der Waals surface area contributed by atoms with Gasteiger partial charge in [-0.25, -0.2) is 9.97 Å². The highest BCUT2D eigenvalue weighted by molar-refractivity contribution is 5.04. The Labute approximate surface area is 98.7 Å². The van der Waals surface area contributed by atoms with Crippen LogP contribution in [0.25, 0.3) is 0 Å². The monoisotopic (exact) mass is 221 g/mol. The van der Waals surface area contributed by atoms with Crippen molar-refractivity contribution >= 4 is 0 Å². The molecule has 1 N–H and O–H groups in total. The second-order valence-electron chi connectivity index (χ2n) is 4.59. The van der Waals surface area contributed by atoms with Gasteiger partial charge in [0.15, 0.2) is 0 Å². The van der Waals surface area contributed by atoms with Crippen LogP contribution in [0.2, 0.25) is 0 Å². The Bertz CT molecular complexity index is 295.